The molecule has 0 fully saturated rings. The van der Waals surface area contributed by atoms with Crippen LogP contribution in [-0.2, 0) is 6.42 Å². The zero-order valence-electron chi connectivity index (χ0n) is 11.3. The van der Waals surface area contributed by atoms with Gasteiger partial charge in [0.2, 0.25) is 0 Å². The zero-order valence-corrected chi connectivity index (χ0v) is 11.3. The van der Waals surface area contributed by atoms with Crippen LogP contribution < -0.4 is 9.47 Å². The van der Waals surface area contributed by atoms with Gasteiger partial charge in [-0.05, 0) is 36.1 Å². The molecule has 3 heteroatoms. The number of fused-ring (bicyclic) bond motifs is 1. The van der Waals surface area contributed by atoms with Crippen LogP contribution in [0.5, 0.6) is 11.5 Å². The maximum absolute atomic E-state index is 9.00. The van der Waals surface area contributed by atoms with E-state index in [0.29, 0.717) is 17.1 Å². The summed E-state index contributed by atoms with van der Waals surface area (Å²) in [7, 11) is 1.61. The van der Waals surface area contributed by atoms with Gasteiger partial charge in [0.15, 0.2) is 11.5 Å². The molecule has 1 unspecified atom stereocenters. The molecule has 3 nitrogen and oxygen atoms in total. The van der Waals surface area contributed by atoms with Gasteiger partial charge in [0.05, 0.1) is 18.7 Å². The van der Waals surface area contributed by atoms with Crippen molar-refractivity contribution in [1.29, 1.82) is 5.26 Å². The molecule has 1 aliphatic carbocycles. The molecule has 0 saturated heterocycles. The molecule has 2 aromatic carbocycles. The Morgan fingerprint density at radius 3 is 2.80 bits per heavy atom. The molecule has 0 amide bonds. The second-order valence-corrected chi connectivity index (χ2v) is 4.82. The molecule has 2 aromatic rings. The van der Waals surface area contributed by atoms with Crippen LogP contribution in [0.4, 0.5) is 0 Å². The predicted molar refractivity (Wildman–Crippen MR) is 75.8 cm³/mol. The number of hydrogen-bond donors (Lipinski definition) is 0. The molecular weight excluding hydrogens is 250 g/mol. The number of methoxy groups -OCH3 is 1. The number of nitrogens with zero attached hydrogens (tertiary/aromatic N) is 1. The second-order valence-electron chi connectivity index (χ2n) is 4.82. The van der Waals surface area contributed by atoms with E-state index in [0.717, 1.165) is 12.8 Å². The number of ether oxygens (including phenoxy) is 2. The number of nitriles is 1. The average molecular weight is 265 g/mol. The first-order valence-electron chi connectivity index (χ1n) is 6.64. The van der Waals surface area contributed by atoms with Crippen molar-refractivity contribution in [3.8, 4) is 17.6 Å². The van der Waals surface area contributed by atoms with Crippen LogP contribution in [0.15, 0.2) is 42.5 Å². The lowest BCUT2D eigenvalue weighted by molar-refractivity contribution is 0.198. The number of rotatable bonds is 3. The van der Waals surface area contributed by atoms with E-state index < -0.39 is 0 Å². The summed E-state index contributed by atoms with van der Waals surface area (Å²) in [6.07, 6.45) is 2.02. The zero-order chi connectivity index (χ0) is 13.9. The molecule has 100 valence electrons. The summed E-state index contributed by atoms with van der Waals surface area (Å²) >= 11 is 0. The van der Waals surface area contributed by atoms with Gasteiger partial charge in [0, 0.05) is 6.07 Å². The van der Waals surface area contributed by atoms with E-state index in [4.69, 9.17) is 14.7 Å². The molecule has 20 heavy (non-hydrogen) atoms. The van der Waals surface area contributed by atoms with E-state index >= 15 is 0 Å². The molecule has 0 saturated carbocycles. The normalized spacial score (nSPS) is 16.3. The fourth-order valence-corrected chi connectivity index (χ4v) is 2.63. The van der Waals surface area contributed by atoms with Crippen molar-refractivity contribution in [3.05, 3.63) is 59.2 Å². The molecule has 0 aromatic heterocycles. The third-order valence-corrected chi connectivity index (χ3v) is 3.64. The Bertz CT molecular complexity index is 673. The first-order valence-corrected chi connectivity index (χ1v) is 6.64. The van der Waals surface area contributed by atoms with Crippen LogP contribution in [-0.4, -0.2) is 7.11 Å². The lowest BCUT2D eigenvalue weighted by Crippen LogP contribution is -2.04. The van der Waals surface area contributed by atoms with Crippen molar-refractivity contribution in [3.63, 3.8) is 0 Å². The summed E-state index contributed by atoms with van der Waals surface area (Å²) in [6, 6.07) is 15.7. The number of aryl methyl sites for hydroxylation is 1. The van der Waals surface area contributed by atoms with Crippen LogP contribution >= 0.6 is 0 Å². The molecular formula is C17H15NO2. The Morgan fingerprint density at radius 2 is 2.00 bits per heavy atom. The summed E-state index contributed by atoms with van der Waals surface area (Å²) in [5, 5.41) is 9.00. The summed E-state index contributed by atoms with van der Waals surface area (Å²) in [6.45, 7) is 0. The Balaban J connectivity index is 1.91. The Hall–Kier alpha value is -2.47. The first-order chi connectivity index (χ1) is 9.81. The molecule has 0 aliphatic heterocycles. The molecule has 0 heterocycles. The minimum absolute atomic E-state index is 0.0362. The third-order valence-electron chi connectivity index (χ3n) is 3.64. The quantitative estimate of drug-likeness (QED) is 0.851. The summed E-state index contributed by atoms with van der Waals surface area (Å²) in [5.74, 6) is 1.29. The number of benzene rings is 2. The van der Waals surface area contributed by atoms with Crippen LogP contribution in [0.2, 0.25) is 0 Å². The van der Waals surface area contributed by atoms with Crippen molar-refractivity contribution in [2.24, 2.45) is 0 Å². The van der Waals surface area contributed by atoms with Gasteiger partial charge in [-0.15, -0.1) is 0 Å². The molecule has 0 spiro atoms. The molecule has 0 N–H and O–H groups in total. The van der Waals surface area contributed by atoms with Gasteiger partial charge in [-0.2, -0.15) is 5.26 Å². The average Bonchev–Trinajstić information content (AvgIpc) is 2.90. The van der Waals surface area contributed by atoms with Gasteiger partial charge in [-0.3, -0.25) is 0 Å². The Labute approximate surface area is 118 Å². The fourth-order valence-electron chi connectivity index (χ4n) is 2.63. The fraction of sp³-hybridized carbons (Fsp3) is 0.235. The predicted octanol–water partition coefficient (Wildman–Crippen LogP) is 3.63. The van der Waals surface area contributed by atoms with Crippen LogP contribution in [0.25, 0.3) is 0 Å². The molecule has 3 rings (SSSR count). The summed E-state index contributed by atoms with van der Waals surface area (Å²) < 4.78 is 11.4. The molecule has 1 aliphatic rings. The highest BCUT2D eigenvalue weighted by atomic mass is 16.5. The van der Waals surface area contributed by atoms with Crippen LogP contribution in [0, 0.1) is 11.3 Å². The van der Waals surface area contributed by atoms with Crippen molar-refractivity contribution in [2.75, 3.05) is 7.11 Å². The van der Waals surface area contributed by atoms with Crippen molar-refractivity contribution in [2.45, 2.75) is 18.9 Å². The topological polar surface area (TPSA) is 42.2 Å². The van der Waals surface area contributed by atoms with Crippen LogP contribution in [0.1, 0.15) is 29.2 Å². The van der Waals surface area contributed by atoms with E-state index in [2.05, 4.69) is 24.3 Å². The smallest absolute Gasteiger partial charge is 0.163 e. The minimum atomic E-state index is 0.0362. The highest BCUT2D eigenvalue weighted by molar-refractivity contribution is 5.47. The van der Waals surface area contributed by atoms with E-state index in [1.54, 1.807) is 25.3 Å². The number of hydrogen-bond acceptors (Lipinski definition) is 3. The van der Waals surface area contributed by atoms with Gasteiger partial charge in [-0.25, -0.2) is 0 Å². The maximum Gasteiger partial charge on any atom is 0.163 e. The van der Waals surface area contributed by atoms with Crippen molar-refractivity contribution in [1.82, 2.24) is 0 Å². The summed E-state index contributed by atoms with van der Waals surface area (Å²) in [4.78, 5) is 0. The van der Waals surface area contributed by atoms with Gasteiger partial charge in [-0.1, -0.05) is 24.3 Å². The van der Waals surface area contributed by atoms with Crippen LogP contribution in [0.3, 0.4) is 0 Å². The molecule has 0 radical (unpaired) electrons. The third kappa shape index (κ3) is 2.21. The lowest BCUT2D eigenvalue weighted by atomic mass is 10.1. The highest BCUT2D eigenvalue weighted by Crippen LogP contribution is 2.38. The standard InChI is InChI=1S/C17H15NO2/c1-19-16-8-6-12(11-18)10-17(16)20-15-9-7-13-4-2-3-5-14(13)15/h2-6,8,10,15H,7,9H2,1H3. The van der Waals surface area contributed by atoms with Gasteiger partial charge >= 0.3 is 0 Å². The molecule has 1 atom stereocenters. The second kappa shape index (κ2) is 5.26. The highest BCUT2D eigenvalue weighted by Gasteiger charge is 2.24. The lowest BCUT2D eigenvalue weighted by Gasteiger charge is -2.17. The monoisotopic (exact) mass is 265 g/mol. The SMILES string of the molecule is COc1ccc(C#N)cc1OC1CCc2ccccc21. The Kier molecular flexibility index (Phi) is 3.30. The summed E-state index contributed by atoms with van der Waals surface area (Å²) in [5.41, 5.74) is 3.15. The van der Waals surface area contributed by atoms with E-state index in [9.17, 15) is 0 Å². The van der Waals surface area contributed by atoms with Gasteiger partial charge in [0.25, 0.3) is 0 Å². The first kappa shape index (κ1) is 12.6. The van der Waals surface area contributed by atoms with Crippen molar-refractivity contribution >= 4 is 0 Å². The minimum Gasteiger partial charge on any atom is -0.493 e. The molecule has 0 bridgehead atoms. The van der Waals surface area contributed by atoms with E-state index in [1.807, 2.05) is 6.07 Å². The van der Waals surface area contributed by atoms with Crippen molar-refractivity contribution < 1.29 is 9.47 Å². The van der Waals surface area contributed by atoms with E-state index in [-0.39, 0.29) is 6.10 Å². The Morgan fingerprint density at radius 1 is 1.15 bits per heavy atom. The largest absolute Gasteiger partial charge is 0.493 e. The van der Waals surface area contributed by atoms with Gasteiger partial charge < -0.3 is 9.47 Å². The van der Waals surface area contributed by atoms with Gasteiger partial charge in [0.1, 0.15) is 6.10 Å². The maximum atomic E-state index is 9.00. The van der Waals surface area contributed by atoms with E-state index in [1.165, 1.54) is 11.1 Å².